The van der Waals surface area contributed by atoms with E-state index in [2.05, 4.69) is 12.2 Å². The number of nitrogens with zero attached hydrogens (tertiary/aromatic N) is 1. The maximum atomic E-state index is 10.9. The predicted octanol–water partition coefficient (Wildman–Crippen LogP) is 2.34. The zero-order valence-corrected chi connectivity index (χ0v) is 10.7. The molecule has 1 aromatic rings. The Labute approximate surface area is 106 Å². The second kappa shape index (κ2) is 5.46. The molecule has 1 aliphatic rings. The monoisotopic (exact) mass is 250 g/mol. The summed E-state index contributed by atoms with van der Waals surface area (Å²) in [5.74, 6) is 0. The Morgan fingerprint density at radius 3 is 2.94 bits per heavy atom. The number of nitro benzene ring substituents is 1. The van der Waals surface area contributed by atoms with Crippen LogP contribution in [0.1, 0.15) is 30.5 Å². The largest absolute Gasteiger partial charge is 0.378 e. The highest BCUT2D eigenvalue weighted by Gasteiger charge is 2.23. The molecule has 1 aromatic carbocycles. The summed E-state index contributed by atoms with van der Waals surface area (Å²) < 4.78 is 5.54. The van der Waals surface area contributed by atoms with Gasteiger partial charge in [0.25, 0.3) is 5.69 Å². The van der Waals surface area contributed by atoms with E-state index in [-0.39, 0.29) is 16.7 Å². The Kier molecular flexibility index (Phi) is 3.93. The molecule has 2 atom stereocenters. The van der Waals surface area contributed by atoms with Crippen molar-refractivity contribution in [1.29, 1.82) is 0 Å². The maximum absolute atomic E-state index is 10.9. The zero-order chi connectivity index (χ0) is 13.1. The van der Waals surface area contributed by atoms with E-state index in [0.717, 1.165) is 12.0 Å². The third kappa shape index (κ3) is 2.68. The lowest BCUT2D eigenvalue weighted by atomic mass is 10.0. The number of hydrogen-bond donors (Lipinski definition) is 1. The zero-order valence-electron chi connectivity index (χ0n) is 10.7. The first-order valence-electron chi connectivity index (χ1n) is 6.20. The molecule has 5 heteroatoms. The summed E-state index contributed by atoms with van der Waals surface area (Å²) in [5, 5.41) is 14.4. The molecular formula is C13H18N2O3. The number of hydrogen-bond acceptors (Lipinski definition) is 4. The summed E-state index contributed by atoms with van der Waals surface area (Å²) in [5.41, 5.74) is 1.78. The third-order valence-electron chi connectivity index (χ3n) is 3.37. The van der Waals surface area contributed by atoms with Crippen molar-refractivity contribution in [2.24, 2.45) is 0 Å². The second-order valence-corrected chi connectivity index (χ2v) is 4.66. The van der Waals surface area contributed by atoms with Gasteiger partial charge in [-0.3, -0.25) is 10.1 Å². The van der Waals surface area contributed by atoms with Crippen molar-refractivity contribution in [2.75, 3.05) is 13.2 Å². The van der Waals surface area contributed by atoms with Gasteiger partial charge >= 0.3 is 0 Å². The summed E-state index contributed by atoms with van der Waals surface area (Å²) in [6, 6.07) is 5.74. The molecule has 5 nitrogen and oxygen atoms in total. The number of morpholine rings is 1. The molecule has 0 amide bonds. The number of aryl methyl sites for hydroxylation is 1. The first-order chi connectivity index (χ1) is 8.61. The molecule has 1 N–H and O–H groups in total. The molecule has 18 heavy (non-hydrogen) atoms. The van der Waals surface area contributed by atoms with Crippen LogP contribution in [0.2, 0.25) is 0 Å². The molecule has 1 saturated heterocycles. The molecule has 1 heterocycles. The van der Waals surface area contributed by atoms with Crippen molar-refractivity contribution >= 4 is 5.69 Å². The van der Waals surface area contributed by atoms with Crippen molar-refractivity contribution in [3.05, 3.63) is 39.4 Å². The summed E-state index contributed by atoms with van der Waals surface area (Å²) in [4.78, 5) is 10.6. The van der Waals surface area contributed by atoms with E-state index in [9.17, 15) is 10.1 Å². The highest BCUT2D eigenvalue weighted by atomic mass is 16.6. The van der Waals surface area contributed by atoms with Gasteiger partial charge in [0.15, 0.2) is 0 Å². The van der Waals surface area contributed by atoms with E-state index in [1.807, 2.05) is 6.07 Å². The molecular weight excluding hydrogens is 232 g/mol. The van der Waals surface area contributed by atoms with Crippen molar-refractivity contribution in [1.82, 2.24) is 5.32 Å². The van der Waals surface area contributed by atoms with Gasteiger partial charge in [-0.15, -0.1) is 0 Å². The minimum absolute atomic E-state index is 0.0444. The Balaban J connectivity index is 2.22. The fraction of sp³-hybridized carbons (Fsp3) is 0.538. The molecule has 0 spiro atoms. The van der Waals surface area contributed by atoms with Gasteiger partial charge in [-0.1, -0.05) is 19.1 Å². The van der Waals surface area contributed by atoms with Crippen LogP contribution in [0, 0.1) is 17.0 Å². The lowest BCUT2D eigenvalue weighted by Gasteiger charge is -2.30. The molecule has 98 valence electrons. The summed E-state index contributed by atoms with van der Waals surface area (Å²) >= 11 is 0. The molecule has 2 rings (SSSR count). The SMILES string of the molecule is CC[C@@H]1COC[C@H](c2ccc(C)c([N+](=O)[O-])c2)N1. The van der Waals surface area contributed by atoms with Crippen LogP contribution in [0.3, 0.4) is 0 Å². The van der Waals surface area contributed by atoms with Crippen LogP contribution in [0.5, 0.6) is 0 Å². The number of nitro groups is 1. The first-order valence-corrected chi connectivity index (χ1v) is 6.20. The molecule has 0 aliphatic carbocycles. The van der Waals surface area contributed by atoms with Gasteiger partial charge in [-0.25, -0.2) is 0 Å². The molecule has 0 unspecified atom stereocenters. The molecule has 1 aliphatic heterocycles. The highest BCUT2D eigenvalue weighted by Crippen LogP contribution is 2.25. The Morgan fingerprint density at radius 1 is 1.50 bits per heavy atom. The van der Waals surface area contributed by atoms with Crippen LogP contribution in [0.25, 0.3) is 0 Å². The molecule has 0 radical (unpaired) electrons. The average Bonchev–Trinajstić information content (AvgIpc) is 2.39. The highest BCUT2D eigenvalue weighted by molar-refractivity contribution is 5.43. The molecule has 1 fully saturated rings. The van der Waals surface area contributed by atoms with Crippen LogP contribution in [0.15, 0.2) is 18.2 Å². The smallest absolute Gasteiger partial charge is 0.272 e. The topological polar surface area (TPSA) is 64.4 Å². The quantitative estimate of drug-likeness (QED) is 0.660. The van der Waals surface area contributed by atoms with E-state index in [1.54, 1.807) is 19.1 Å². The van der Waals surface area contributed by atoms with E-state index < -0.39 is 0 Å². The maximum Gasteiger partial charge on any atom is 0.272 e. The Morgan fingerprint density at radius 2 is 2.28 bits per heavy atom. The molecule has 0 aromatic heterocycles. The lowest BCUT2D eigenvalue weighted by molar-refractivity contribution is -0.385. The standard InChI is InChI=1S/C13H18N2O3/c1-3-11-7-18-8-12(14-11)10-5-4-9(2)13(6-10)15(16)17/h4-6,11-12,14H,3,7-8H2,1-2H3/t11-,12-/m1/s1. The lowest BCUT2D eigenvalue weighted by Crippen LogP contribution is -2.43. The van der Waals surface area contributed by atoms with Gasteiger partial charge in [0, 0.05) is 17.7 Å². The minimum Gasteiger partial charge on any atom is -0.378 e. The summed E-state index contributed by atoms with van der Waals surface area (Å²) in [6.07, 6.45) is 0.991. The molecule has 0 bridgehead atoms. The van der Waals surface area contributed by atoms with Crippen LogP contribution >= 0.6 is 0 Å². The third-order valence-corrected chi connectivity index (χ3v) is 3.37. The van der Waals surface area contributed by atoms with E-state index >= 15 is 0 Å². The van der Waals surface area contributed by atoms with Crippen LogP contribution in [-0.2, 0) is 4.74 Å². The van der Waals surface area contributed by atoms with Crippen LogP contribution in [0.4, 0.5) is 5.69 Å². The predicted molar refractivity (Wildman–Crippen MR) is 68.6 cm³/mol. The average molecular weight is 250 g/mol. The van der Waals surface area contributed by atoms with E-state index in [4.69, 9.17) is 4.74 Å². The van der Waals surface area contributed by atoms with Gasteiger partial charge in [0.1, 0.15) is 0 Å². The van der Waals surface area contributed by atoms with Gasteiger partial charge in [-0.2, -0.15) is 0 Å². The normalized spacial score (nSPS) is 23.9. The van der Waals surface area contributed by atoms with Crippen LogP contribution < -0.4 is 5.32 Å². The number of benzene rings is 1. The number of rotatable bonds is 3. The van der Waals surface area contributed by atoms with E-state index in [1.165, 1.54) is 0 Å². The van der Waals surface area contributed by atoms with Crippen molar-refractivity contribution in [3.63, 3.8) is 0 Å². The second-order valence-electron chi connectivity index (χ2n) is 4.66. The first kappa shape index (κ1) is 13.0. The van der Waals surface area contributed by atoms with Crippen molar-refractivity contribution < 1.29 is 9.66 Å². The van der Waals surface area contributed by atoms with Crippen molar-refractivity contribution in [2.45, 2.75) is 32.4 Å². The fourth-order valence-corrected chi connectivity index (χ4v) is 2.18. The summed E-state index contributed by atoms with van der Waals surface area (Å²) in [6.45, 7) is 5.13. The minimum atomic E-state index is -0.334. The summed E-state index contributed by atoms with van der Waals surface area (Å²) in [7, 11) is 0. The van der Waals surface area contributed by atoms with Gasteiger partial charge < -0.3 is 10.1 Å². The van der Waals surface area contributed by atoms with E-state index in [0.29, 0.717) is 24.8 Å². The fourth-order valence-electron chi connectivity index (χ4n) is 2.18. The Hall–Kier alpha value is -1.46. The van der Waals surface area contributed by atoms with Crippen LogP contribution in [-0.4, -0.2) is 24.2 Å². The van der Waals surface area contributed by atoms with Gasteiger partial charge in [-0.05, 0) is 18.9 Å². The number of ether oxygens (including phenoxy) is 1. The number of nitrogens with one attached hydrogen (secondary N) is 1. The Bertz CT molecular complexity index is 448. The van der Waals surface area contributed by atoms with Crippen molar-refractivity contribution in [3.8, 4) is 0 Å². The molecule has 0 saturated carbocycles. The van der Waals surface area contributed by atoms with Gasteiger partial charge in [0.2, 0.25) is 0 Å². The van der Waals surface area contributed by atoms with Gasteiger partial charge in [0.05, 0.1) is 24.2 Å².